The van der Waals surface area contributed by atoms with Gasteiger partial charge in [-0.3, -0.25) is 4.98 Å². The molecule has 1 aromatic heterocycles. The van der Waals surface area contributed by atoms with Crippen LogP contribution >= 0.6 is 0 Å². The molecule has 0 radical (unpaired) electrons. The van der Waals surface area contributed by atoms with Crippen LogP contribution in [-0.2, 0) is 4.74 Å². The maximum Gasteiger partial charge on any atom is 0.123 e. The standard InChI is InChI=1S/C28H29NO2/c1-19(2)20(3)23-15-17-31-28(23)14-12-22(26-10-6-7-16-29-26)18-21-11-13-27(30)25-9-5-4-8-24(21)25/h4-11,13,15-16,18-19,28,30H,3,12,14,17H2,1-2H3/b22-18-. The summed E-state index contributed by atoms with van der Waals surface area (Å²) in [5, 5.41) is 12.1. The van der Waals surface area contributed by atoms with Crippen LogP contribution in [0.15, 0.2) is 84.6 Å². The second kappa shape index (κ2) is 9.32. The molecule has 1 unspecified atom stereocenters. The Morgan fingerprint density at radius 1 is 1.13 bits per heavy atom. The molecule has 0 fully saturated rings. The molecule has 0 saturated heterocycles. The monoisotopic (exact) mass is 411 g/mol. The summed E-state index contributed by atoms with van der Waals surface area (Å²) in [6.45, 7) is 9.28. The number of nitrogens with zero attached hydrogens (tertiary/aromatic N) is 1. The van der Waals surface area contributed by atoms with E-state index in [-0.39, 0.29) is 6.10 Å². The molecule has 1 N–H and O–H groups in total. The van der Waals surface area contributed by atoms with E-state index in [1.54, 1.807) is 6.07 Å². The highest BCUT2D eigenvalue weighted by Gasteiger charge is 2.23. The minimum absolute atomic E-state index is 0.0681. The molecule has 3 nitrogen and oxygen atoms in total. The number of fused-ring (bicyclic) bond motifs is 1. The van der Waals surface area contributed by atoms with E-state index in [1.165, 1.54) is 5.57 Å². The Hall–Kier alpha value is -3.17. The third-order valence-electron chi connectivity index (χ3n) is 5.95. The van der Waals surface area contributed by atoms with Crippen molar-refractivity contribution in [2.75, 3.05) is 6.61 Å². The van der Waals surface area contributed by atoms with Crippen molar-refractivity contribution in [3.63, 3.8) is 0 Å². The maximum atomic E-state index is 10.3. The van der Waals surface area contributed by atoms with Crippen LogP contribution in [0.4, 0.5) is 0 Å². The molecule has 0 amide bonds. The third-order valence-corrected chi connectivity index (χ3v) is 5.95. The van der Waals surface area contributed by atoms with Crippen LogP contribution in [0.5, 0.6) is 5.75 Å². The van der Waals surface area contributed by atoms with E-state index >= 15 is 0 Å². The zero-order chi connectivity index (χ0) is 21.8. The molecule has 1 aliphatic rings. The first-order chi connectivity index (χ1) is 15.0. The number of allylic oxidation sites excluding steroid dienone is 1. The lowest BCUT2D eigenvalue weighted by Crippen LogP contribution is -2.13. The Morgan fingerprint density at radius 2 is 1.90 bits per heavy atom. The molecule has 4 rings (SSSR count). The number of aromatic hydroxyl groups is 1. The zero-order valence-electron chi connectivity index (χ0n) is 18.2. The van der Waals surface area contributed by atoms with Crippen molar-refractivity contribution in [1.82, 2.24) is 4.98 Å². The molecule has 0 saturated carbocycles. The minimum Gasteiger partial charge on any atom is -0.507 e. The number of benzene rings is 2. The summed E-state index contributed by atoms with van der Waals surface area (Å²) in [6.07, 6.45) is 7.97. The van der Waals surface area contributed by atoms with Gasteiger partial charge in [-0.1, -0.05) is 62.9 Å². The number of ether oxygens (including phenoxy) is 1. The zero-order valence-corrected chi connectivity index (χ0v) is 18.2. The quantitative estimate of drug-likeness (QED) is 0.465. The van der Waals surface area contributed by atoms with Crippen LogP contribution in [0, 0.1) is 5.92 Å². The van der Waals surface area contributed by atoms with E-state index in [0.717, 1.165) is 46.0 Å². The van der Waals surface area contributed by atoms with Gasteiger partial charge in [-0.05, 0) is 70.7 Å². The fraction of sp³-hybridized carbons (Fsp3) is 0.250. The lowest BCUT2D eigenvalue weighted by molar-refractivity contribution is 0.117. The van der Waals surface area contributed by atoms with Crippen molar-refractivity contribution in [3.8, 4) is 5.75 Å². The Balaban J connectivity index is 1.66. The molecule has 2 aromatic carbocycles. The lowest BCUT2D eigenvalue weighted by atomic mass is 9.90. The van der Waals surface area contributed by atoms with Gasteiger partial charge in [0.25, 0.3) is 0 Å². The fourth-order valence-electron chi connectivity index (χ4n) is 4.12. The summed E-state index contributed by atoms with van der Waals surface area (Å²) in [6, 6.07) is 17.7. The summed E-state index contributed by atoms with van der Waals surface area (Å²) >= 11 is 0. The van der Waals surface area contributed by atoms with Crippen molar-refractivity contribution in [3.05, 3.63) is 95.9 Å². The first kappa shape index (κ1) is 21.1. The van der Waals surface area contributed by atoms with Gasteiger partial charge >= 0.3 is 0 Å². The van der Waals surface area contributed by atoms with Gasteiger partial charge in [0, 0.05) is 11.6 Å². The molecule has 1 aliphatic heterocycles. The van der Waals surface area contributed by atoms with Gasteiger partial charge in [0.15, 0.2) is 0 Å². The smallest absolute Gasteiger partial charge is 0.123 e. The van der Waals surface area contributed by atoms with Crippen LogP contribution in [0.1, 0.15) is 37.9 Å². The van der Waals surface area contributed by atoms with Gasteiger partial charge in [-0.15, -0.1) is 0 Å². The minimum atomic E-state index is 0.0681. The largest absolute Gasteiger partial charge is 0.507 e. The molecule has 3 heteroatoms. The van der Waals surface area contributed by atoms with Crippen LogP contribution in [-0.4, -0.2) is 22.8 Å². The van der Waals surface area contributed by atoms with Gasteiger partial charge in [-0.2, -0.15) is 0 Å². The van der Waals surface area contributed by atoms with E-state index in [9.17, 15) is 5.11 Å². The molecule has 0 aliphatic carbocycles. The molecule has 158 valence electrons. The highest BCUT2D eigenvalue weighted by molar-refractivity contribution is 5.98. The van der Waals surface area contributed by atoms with Crippen molar-refractivity contribution >= 4 is 22.4 Å². The number of phenols is 1. The second-order valence-corrected chi connectivity index (χ2v) is 8.30. The molecule has 1 atom stereocenters. The Morgan fingerprint density at radius 3 is 2.65 bits per heavy atom. The first-order valence-corrected chi connectivity index (χ1v) is 10.9. The van der Waals surface area contributed by atoms with E-state index in [0.29, 0.717) is 18.3 Å². The van der Waals surface area contributed by atoms with Gasteiger partial charge in [-0.25, -0.2) is 0 Å². The SMILES string of the molecule is C=C(C1=CCOC1CC/C(=C/c1ccc(O)c2ccccc12)c1ccccn1)C(C)C. The Kier molecular flexibility index (Phi) is 6.34. The predicted octanol–water partition coefficient (Wildman–Crippen LogP) is 6.80. The van der Waals surface area contributed by atoms with Crippen molar-refractivity contribution in [2.45, 2.75) is 32.8 Å². The highest BCUT2D eigenvalue weighted by atomic mass is 16.5. The summed E-state index contributed by atoms with van der Waals surface area (Å²) in [5.74, 6) is 0.707. The summed E-state index contributed by atoms with van der Waals surface area (Å²) in [5.41, 5.74) is 5.59. The third kappa shape index (κ3) is 4.62. The average molecular weight is 412 g/mol. The molecule has 3 aromatic rings. The van der Waals surface area contributed by atoms with E-state index in [1.807, 2.05) is 54.7 Å². The molecule has 31 heavy (non-hydrogen) atoms. The highest BCUT2D eigenvalue weighted by Crippen LogP contribution is 2.34. The Labute approximate surface area is 184 Å². The van der Waals surface area contributed by atoms with Crippen molar-refractivity contribution in [1.29, 1.82) is 0 Å². The van der Waals surface area contributed by atoms with Crippen molar-refractivity contribution in [2.24, 2.45) is 5.92 Å². The number of hydrogen-bond acceptors (Lipinski definition) is 3. The molecule has 0 bridgehead atoms. The number of pyridine rings is 1. The Bertz CT molecular complexity index is 1140. The normalized spacial score (nSPS) is 16.7. The van der Waals surface area contributed by atoms with Crippen LogP contribution in [0.2, 0.25) is 0 Å². The van der Waals surface area contributed by atoms with Crippen LogP contribution in [0.25, 0.3) is 22.4 Å². The topological polar surface area (TPSA) is 42.4 Å². The maximum absolute atomic E-state index is 10.3. The van der Waals surface area contributed by atoms with Gasteiger partial charge < -0.3 is 9.84 Å². The van der Waals surface area contributed by atoms with Crippen LogP contribution < -0.4 is 0 Å². The fourth-order valence-corrected chi connectivity index (χ4v) is 4.12. The predicted molar refractivity (Wildman–Crippen MR) is 129 cm³/mol. The number of aromatic nitrogens is 1. The van der Waals surface area contributed by atoms with Gasteiger partial charge in [0.2, 0.25) is 0 Å². The average Bonchev–Trinajstić information content (AvgIpc) is 3.26. The first-order valence-electron chi connectivity index (χ1n) is 10.9. The van der Waals surface area contributed by atoms with Gasteiger partial charge in [0.1, 0.15) is 5.75 Å². The van der Waals surface area contributed by atoms with E-state index < -0.39 is 0 Å². The summed E-state index contributed by atoms with van der Waals surface area (Å²) in [7, 11) is 0. The molecule has 2 heterocycles. The molecular weight excluding hydrogens is 382 g/mol. The van der Waals surface area contributed by atoms with E-state index in [2.05, 4.69) is 37.6 Å². The number of rotatable bonds is 7. The molecular formula is C28H29NO2. The summed E-state index contributed by atoms with van der Waals surface area (Å²) < 4.78 is 6.03. The van der Waals surface area contributed by atoms with Crippen LogP contribution in [0.3, 0.4) is 0 Å². The van der Waals surface area contributed by atoms with E-state index in [4.69, 9.17) is 4.74 Å². The van der Waals surface area contributed by atoms with Crippen molar-refractivity contribution < 1.29 is 9.84 Å². The second-order valence-electron chi connectivity index (χ2n) is 8.30. The lowest BCUT2D eigenvalue weighted by Gasteiger charge is -2.19. The van der Waals surface area contributed by atoms with Gasteiger partial charge in [0.05, 0.1) is 18.4 Å². The number of phenolic OH excluding ortho intramolecular Hbond substituents is 1. The summed E-state index contributed by atoms with van der Waals surface area (Å²) in [4.78, 5) is 4.61. The molecule has 0 spiro atoms. The number of hydrogen-bond donors (Lipinski definition) is 1.